The fourth-order valence-electron chi connectivity index (χ4n) is 2.52. The van der Waals surface area contributed by atoms with Crippen LogP contribution in [-0.2, 0) is 0 Å². The minimum Gasteiger partial charge on any atom is -0.504 e. The zero-order valence-electron chi connectivity index (χ0n) is 12.9. The van der Waals surface area contributed by atoms with Gasteiger partial charge in [0, 0.05) is 0 Å². The minimum atomic E-state index is 0.139. The lowest BCUT2D eigenvalue weighted by molar-refractivity contribution is 0.373. The molecule has 0 unspecified atom stereocenters. The molecule has 0 fully saturated rings. The first-order valence-corrected chi connectivity index (χ1v) is 7.47. The average molecular weight is 302 g/mol. The fourth-order valence-corrected chi connectivity index (χ4v) is 2.52. The Labute approximate surface area is 136 Å². The van der Waals surface area contributed by atoms with E-state index in [1.165, 1.54) is 0 Å². The Morgan fingerprint density at radius 3 is 2.09 bits per heavy atom. The minimum absolute atomic E-state index is 0.139. The second kappa shape index (κ2) is 6.84. The lowest BCUT2D eigenvalue weighted by Crippen LogP contribution is -1.90. The number of methoxy groups -OCH3 is 1. The summed E-state index contributed by atoms with van der Waals surface area (Å²) in [4.78, 5) is 0. The Bertz CT molecular complexity index is 806. The van der Waals surface area contributed by atoms with Crippen molar-refractivity contribution in [2.75, 3.05) is 7.11 Å². The second-order valence-electron chi connectivity index (χ2n) is 5.22. The molecular weight excluding hydrogens is 284 g/mol. The first-order valence-electron chi connectivity index (χ1n) is 7.47. The summed E-state index contributed by atoms with van der Waals surface area (Å²) < 4.78 is 5.13. The zero-order chi connectivity index (χ0) is 16.1. The lowest BCUT2D eigenvalue weighted by atomic mass is 9.95. The van der Waals surface area contributed by atoms with Gasteiger partial charge in [0.15, 0.2) is 11.5 Å². The van der Waals surface area contributed by atoms with E-state index in [2.05, 4.69) is 30.3 Å². The molecule has 0 atom stereocenters. The van der Waals surface area contributed by atoms with E-state index < -0.39 is 0 Å². The predicted molar refractivity (Wildman–Crippen MR) is 94.5 cm³/mol. The molecule has 2 heteroatoms. The molecule has 114 valence electrons. The van der Waals surface area contributed by atoms with Gasteiger partial charge in [-0.25, -0.2) is 0 Å². The van der Waals surface area contributed by atoms with Crippen LogP contribution in [0.4, 0.5) is 0 Å². The van der Waals surface area contributed by atoms with Gasteiger partial charge in [-0.15, -0.1) is 0 Å². The monoisotopic (exact) mass is 302 g/mol. The van der Waals surface area contributed by atoms with Gasteiger partial charge in [0.25, 0.3) is 0 Å². The molecule has 0 aliphatic carbocycles. The van der Waals surface area contributed by atoms with Gasteiger partial charge in [0.05, 0.1) is 7.11 Å². The van der Waals surface area contributed by atoms with Crippen molar-refractivity contribution in [3.8, 4) is 11.5 Å². The summed E-state index contributed by atoms with van der Waals surface area (Å²) in [6, 6.07) is 25.8. The highest BCUT2D eigenvalue weighted by atomic mass is 16.5. The van der Waals surface area contributed by atoms with Crippen LogP contribution in [0.15, 0.2) is 78.9 Å². The van der Waals surface area contributed by atoms with Crippen LogP contribution < -0.4 is 4.74 Å². The maximum absolute atomic E-state index is 10.1. The van der Waals surface area contributed by atoms with Gasteiger partial charge in [0.1, 0.15) is 0 Å². The Morgan fingerprint density at radius 1 is 0.826 bits per heavy atom. The molecule has 0 saturated carbocycles. The van der Waals surface area contributed by atoms with Crippen LogP contribution in [0.25, 0.3) is 11.6 Å². The number of phenols is 1. The number of phenolic OH excluding ortho intramolecular Hbond substituents is 1. The number of aromatic hydroxyl groups is 1. The van der Waals surface area contributed by atoms with Crippen molar-refractivity contribution >= 4 is 11.6 Å². The average Bonchev–Trinajstić information content (AvgIpc) is 2.61. The summed E-state index contributed by atoms with van der Waals surface area (Å²) in [5.41, 5.74) is 4.20. The van der Waals surface area contributed by atoms with Crippen molar-refractivity contribution in [2.45, 2.75) is 0 Å². The molecule has 0 aliphatic rings. The van der Waals surface area contributed by atoms with Crippen LogP contribution >= 0.6 is 0 Å². The fraction of sp³-hybridized carbons (Fsp3) is 0.0476. The van der Waals surface area contributed by atoms with Gasteiger partial charge in [-0.2, -0.15) is 0 Å². The first-order chi connectivity index (χ1) is 11.3. The highest BCUT2D eigenvalue weighted by Gasteiger charge is 2.09. The van der Waals surface area contributed by atoms with E-state index in [-0.39, 0.29) is 5.75 Å². The summed E-state index contributed by atoms with van der Waals surface area (Å²) in [6.45, 7) is 0. The van der Waals surface area contributed by atoms with Crippen LogP contribution in [0, 0.1) is 0 Å². The number of hydrogen-bond acceptors (Lipinski definition) is 2. The maximum Gasteiger partial charge on any atom is 0.160 e. The summed E-state index contributed by atoms with van der Waals surface area (Å²) in [5, 5.41) is 10.1. The van der Waals surface area contributed by atoms with E-state index >= 15 is 0 Å². The van der Waals surface area contributed by atoms with E-state index in [1.807, 2.05) is 42.5 Å². The molecule has 0 aromatic heterocycles. The molecule has 0 heterocycles. The van der Waals surface area contributed by atoms with Crippen molar-refractivity contribution in [2.24, 2.45) is 0 Å². The van der Waals surface area contributed by atoms with Crippen molar-refractivity contribution < 1.29 is 9.84 Å². The summed E-state index contributed by atoms with van der Waals surface area (Å²) in [6.07, 6.45) is 2.12. The molecule has 1 N–H and O–H groups in total. The third-order valence-corrected chi connectivity index (χ3v) is 3.69. The van der Waals surface area contributed by atoms with Crippen molar-refractivity contribution in [3.05, 3.63) is 95.6 Å². The first kappa shape index (κ1) is 14.9. The summed E-state index contributed by atoms with van der Waals surface area (Å²) in [7, 11) is 1.55. The topological polar surface area (TPSA) is 29.5 Å². The Kier molecular flexibility index (Phi) is 4.44. The largest absolute Gasteiger partial charge is 0.504 e. The highest BCUT2D eigenvalue weighted by Crippen LogP contribution is 2.33. The Morgan fingerprint density at radius 2 is 1.48 bits per heavy atom. The highest BCUT2D eigenvalue weighted by molar-refractivity contribution is 5.91. The second-order valence-corrected chi connectivity index (χ2v) is 5.22. The van der Waals surface area contributed by atoms with E-state index in [0.717, 1.165) is 22.3 Å². The Hall–Kier alpha value is -3.00. The normalized spacial score (nSPS) is 11.3. The van der Waals surface area contributed by atoms with Gasteiger partial charge in [-0.1, -0.05) is 66.7 Å². The van der Waals surface area contributed by atoms with Crippen molar-refractivity contribution in [1.82, 2.24) is 0 Å². The Balaban J connectivity index is 2.13. The van der Waals surface area contributed by atoms with Crippen molar-refractivity contribution in [3.63, 3.8) is 0 Å². The standard InChI is InChI=1S/C21H18O2/c1-23-21-13-12-18(15-20(21)22)19(17-10-6-3-7-11-17)14-16-8-4-2-5-9-16/h2-15,22H,1H3/b19-14+. The van der Waals surface area contributed by atoms with E-state index in [1.54, 1.807) is 19.2 Å². The van der Waals surface area contributed by atoms with E-state index in [0.29, 0.717) is 5.75 Å². The number of rotatable bonds is 4. The predicted octanol–water partition coefficient (Wildman–Crippen LogP) is 4.99. The maximum atomic E-state index is 10.1. The molecule has 0 spiro atoms. The zero-order valence-corrected chi connectivity index (χ0v) is 12.9. The van der Waals surface area contributed by atoms with Gasteiger partial charge in [-0.3, -0.25) is 0 Å². The number of ether oxygens (including phenoxy) is 1. The third kappa shape index (κ3) is 3.43. The van der Waals surface area contributed by atoms with E-state index in [4.69, 9.17) is 4.74 Å². The van der Waals surface area contributed by atoms with Gasteiger partial charge in [0.2, 0.25) is 0 Å². The van der Waals surface area contributed by atoms with Gasteiger partial charge < -0.3 is 9.84 Å². The molecule has 3 rings (SSSR count). The molecule has 23 heavy (non-hydrogen) atoms. The molecule has 0 radical (unpaired) electrons. The van der Waals surface area contributed by atoms with E-state index in [9.17, 15) is 5.11 Å². The molecule has 0 aliphatic heterocycles. The molecular formula is C21H18O2. The van der Waals surface area contributed by atoms with Gasteiger partial charge in [-0.05, 0) is 40.5 Å². The molecule has 2 nitrogen and oxygen atoms in total. The van der Waals surface area contributed by atoms with Crippen LogP contribution in [0.1, 0.15) is 16.7 Å². The lowest BCUT2D eigenvalue weighted by Gasteiger charge is -2.11. The van der Waals surface area contributed by atoms with Gasteiger partial charge >= 0.3 is 0 Å². The molecule has 3 aromatic carbocycles. The van der Waals surface area contributed by atoms with Crippen LogP contribution in [-0.4, -0.2) is 12.2 Å². The third-order valence-electron chi connectivity index (χ3n) is 3.69. The molecule has 0 amide bonds. The smallest absolute Gasteiger partial charge is 0.160 e. The summed E-state index contributed by atoms with van der Waals surface area (Å²) >= 11 is 0. The van der Waals surface area contributed by atoms with Crippen LogP contribution in [0.2, 0.25) is 0 Å². The van der Waals surface area contributed by atoms with Crippen molar-refractivity contribution in [1.29, 1.82) is 0 Å². The molecule has 3 aromatic rings. The van der Waals surface area contributed by atoms with Crippen LogP contribution in [0.5, 0.6) is 11.5 Å². The number of benzene rings is 3. The quantitative estimate of drug-likeness (QED) is 0.688. The molecule has 0 saturated heterocycles. The SMILES string of the molecule is COc1ccc(/C(=C/c2ccccc2)c2ccccc2)cc1O. The van der Waals surface area contributed by atoms with Crippen LogP contribution in [0.3, 0.4) is 0 Å². The summed E-state index contributed by atoms with van der Waals surface area (Å²) in [5.74, 6) is 0.612. The number of hydrogen-bond donors (Lipinski definition) is 1. The molecule has 0 bridgehead atoms.